The highest BCUT2D eigenvalue weighted by atomic mass is 16.5. The standard InChI is InChI=1S/C21H22O3/c1-4-14-24-20-15-17(9-13-21(22)23-5-2)8-12-19(20)18-10-6-16(3)7-11-18/h4,6-13,15H,1,5,14H2,2-3H3/b13-9+. The Morgan fingerprint density at radius 2 is 1.92 bits per heavy atom. The van der Waals surface area contributed by atoms with Crippen LogP contribution < -0.4 is 4.74 Å². The second kappa shape index (κ2) is 8.73. The molecule has 124 valence electrons. The minimum atomic E-state index is -0.353. The lowest BCUT2D eigenvalue weighted by Crippen LogP contribution is -1.99. The maximum atomic E-state index is 11.4. The van der Waals surface area contributed by atoms with Crippen LogP contribution >= 0.6 is 0 Å². The molecule has 0 N–H and O–H groups in total. The molecule has 0 saturated carbocycles. The van der Waals surface area contributed by atoms with Gasteiger partial charge in [-0.1, -0.05) is 54.6 Å². The summed E-state index contributed by atoms with van der Waals surface area (Å²) in [6.45, 7) is 8.32. The van der Waals surface area contributed by atoms with Crippen LogP contribution in [-0.4, -0.2) is 19.2 Å². The number of benzene rings is 2. The lowest BCUT2D eigenvalue weighted by molar-refractivity contribution is -0.137. The summed E-state index contributed by atoms with van der Waals surface area (Å²) in [7, 11) is 0. The van der Waals surface area contributed by atoms with Crippen LogP contribution in [0.4, 0.5) is 0 Å². The fraction of sp³-hybridized carbons (Fsp3) is 0.190. The van der Waals surface area contributed by atoms with Gasteiger partial charge in [-0.15, -0.1) is 0 Å². The van der Waals surface area contributed by atoms with E-state index in [1.807, 2.05) is 18.2 Å². The molecule has 0 aliphatic rings. The molecule has 0 heterocycles. The van der Waals surface area contributed by atoms with Crippen molar-refractivity contribution in [2.45, 2.75) is 13.8 Å². The second-order valence-electron chi connectivity index (χ2n) is 5.31. The van der Waals surface area contributed by atoms with E-state index in [0.717, 1.165) is 22.4 Å². The van der Waals surface area contributed by atoms with Crippen LogP contribution in [0.3, 0.4) is 0 Å². The van der Waals surface area contributed by atoms with E-state index in [-0.39, 0.29) is 5.97 Å². The summed E-state index contributed by atoms with van der Waals surface area (Å²) in [5.74, 6) is 0.401. The first-order valence-corrected chi connectivity index (χ1v) is 7.93. The Hall–Kier alpha value is -2.81. The van der Waals surface area contributed by atoms with Gasteiger partial charge in [0.15, 0.2) is 0 Å². The predicted molar refractivity (Wildman–Crippen MR) is 98.0 cm³/mol. The number of ether oxygens (including phenoxy) is 2. The van der Waals surface area contributed by atoms with Gasteiger partial charge in [0.1, 0.15) is 12.4 Å². The molecule has 0 aliphatic carbocycles. The van der Waals surface area contributed by atoms with Gasteiger partial charge >= 0.3 is 5.97 Å². The van der Waals surface area contributed by atoms with Crippen LogP contribution in [0.25, 0.3) is 17.2 Å². The average Bonchev–Trinajstić information content (AvgIpc) is 2.59. The monoisotopic (exact) mass is 322 g/mol. The van der Waals surface area contributed by atoms with E-state index in [0.29, 0.717) is 13.2 Å². The molecule has 0 saturated heterocycles. The van der Waals surface area contributed by atoms with E-state index in [4.69, 9.17) is 9.47 Å². The molecule has 3 heteroatoms. The van der Waals surface area contributed by atoms with Crippen molar-refractivity contribution >= 4 is 12.0 Å². The van der Waals surface area contributed by atoms with Crippen molar-refractivity contribution in [3.63, 3.8) is 0 Å². The lowest BCUT2D eigenvalue weighted by atomic mass is 10.0. The molecule has 0 atom stereocenters. The molecule has 0 fully saturated rings. The van der Waals surface area contributed by atoms with E-state index in [1.54, 1.807) is 19.1 Å². The highest BCUT2D eigenvalue weighted by Gasteiger charge is 2.07. The van der Waals surface area contributed by atoms with Gasteiger partial charge in [0.25, 0.3) is 0 Å². The quantitative estimate of drug-likeness (QED) is 0.417. The molecule has 0 amide bonds. The van der Waals surface area contributed by atoms with Gasteiger partial charge in [0, 0.05) is 11.6 Å². The maximum Gasteiger partial charge on any atom is 0.330 e. The van der Waals surface area contributed by atoms with Crippen molar-refractivity contribution in [1.82, 2.24) is 0 Å². The van der Waals surface area contributed by atoms with Crippen LogP contribution in [0.1, 0.15) is 18.1 Å². The first-order valence-electron chi connectivity index (χ1n) is 7.93. The molecule has 0 bridgehead atoms. The Balaban J connectivity index is 2.32. The summed E-state index contributed by atoms with van der Waals surface area (Å²) in [6, 6.07) is 14.1. The number of aryl methyl sites for hydroxylation is 1. The first-order chi connectivity index (χ1) is 11.6. The van der Waals surface area contributed by atoms with Crippen molar-refractivity contribution in [2.75, 3.05) is 13.2 Å². The van der Waals surface area contributed by atoms with Crippen molar-refractivity contribution in [1.29, 1.82) is 0 Å². The van der Waals surface area contributed by atoms with Gasteiger partial charge in [-0.25, -0.2) is 4.79 Å². The summed E-state index contributed by atoms with van der Waals surface area (Å²) in [5.41, 5.74) is 4.17. The minimum absolute atomic E-state index is 0.353. The maximum absolute atomic E-state index is 11.4. The third-order valence-corrected chi connectivity index (χ3v) is 3.42. The summed E-state index contributed by atoms with van der Waals surface area (Å²) < 4.78 is 10.7. The van der Waals surface area contributed by atoms with Gasteiger partial charge in [-0.3, -0.25) is 0 Å². The SMILES string of the molecule is C=CCOc1cc(/C=C/C(=O)OCC)ccc1-c1ccc(C)cc1. The average molecular weight is 322 g/mol. The second-order valence-corrected chi connectivity index (χ2v) is 5.31. The Morgan fingerprint density at radius 1 is 1.17 bits per heavy atom. The van der Waals surface area contributed by atoms with Crippen LogP contribution in [-0.2, 0) is 9.53 Å². The molecular formula is C21H22O3. The fourth-order valence-electron chi connectivity index (χ4n) is 2.24. The van der Waals surface area contributed by atoms with Crippen molar-refractivity contribution in [3.05, 3.63) is 72.3 Å². The minimum Gasteiger partial charge on any atom is -0.489 e. The van der Waals surface area contributed by atoms with Gasteiger partial charge < -0.3 is 9.47 Å². The van der Waals surface area contributed by atoms with Crippen LogP contribution in [0, 0.1) is 6.92 Å². The highest BCUT2D eigenvalue weighted by Crippen LogP contribution is 2.31. The van der Waals surface area contributed by atoms with Crippen LogP contribution in [0.15, 0.2) is 61.2 Å². The molecule has 2 rings (SSSR count). The smallest absolute Gasteiger partial charge is 0.330 e. The lowest BCUT2D eigenvalue weighted by Gasteiger charge is -2.12. The summed E-state index contributed by atoms with van der Waals surface area (Å²) in [4.78, 5) is 11.4. The van der Waals surface area contributed by atoms with Gasteiger partial charge in [0.05, 0.1) is 6.61 Å². The zero-order valence-corrected chi connectivity index (χ0v) is 14.1. The van der Waals surface area contributed by atoms with Crippen molar-refractivity contribution in [2.24, 2.45) is 0 Å². The van der Waals surface area contributed by atoms with Crippen molar-refractivity contribution in [3.8, 4) is 16.9 Å². The molecule has 0 unspecified atom stereocenters. The third kappa shape index (κ3) is 4.85. The Labute approximate surface area is 143 Å². The van der Waals surface area contributed by atoms with Crippen LogP contribution in [0.5, 0.6) is 5.75 Å². The van der Waals surface area contributed by atoms with Gasteiger partial charge in [0.2, 0.25) is 0 Å². The molecule has 0 radical (unpaired) electrons. The molecule has 2 aromatic carbocycles. The number of rotatable bonds is 7. The molecular weight excluding hydrogens is 300 g/mol. The van der Waals surface area contributed by atoms with E-state index >= 15 is 0 Å². The topological polar surface area (TPSA) is 35.5 Å². The number of carbonyl (C=O) groups is 1. The van der Waals surface area contributed by atoms with E-state index in [2.05, 4.69) is 37.8 Å². The van der Waals surface area contributed by atoms with E-state index in [1.165, 1.54) is 11.6 Å². The van der Waals surface area contributed by atoms with Gasteiger partial charge in [-0.2, -0.15) is 0 Å². The predicted octanol–water partition coefficient (Wildman–Crippen LogP) is 4.80. The first kappa shape index (κ1) is 17.5. The zero-order chi connectivity index (χ0) is 17.4. The highest BCUT2D eigenvalue weighted by molar-refractivity contribution is 5.87. The Morgan fingerprint density at radius 3 is 2.58 bits per heavy atom. The molecule has 3 nitrogen and oxygen atoms in total. The summed E-state index contributed by atoms with van der Waals surface area (Å²) >= 11 is 0. The third-order valence-electron chi connectivity index (χ3n) is 3.42. The summed E-state index contributed by atoms with van der Waals surface area (Å²) in [6.07, 6.45) is 4.85. The molecule has 0 aromatic heterocycles. The molecule has 0 spiro atoms. The Kier molecular flexibility index (Phi) is 6.38. The van der Waals surface area contributed by atoms with E-state index in [9.17, 15) is 4.79 Å². The zero-order valence-electron chi connectivity index (χ0n) is 14.1. The number of hydrogen-bond donors (Lipinski definition) is 0. The van der Waals surface area contributed by atoms with Gasteiger partial charge in [-0.05, 0) is 37.1 Å². The summed E-state index contributed by atoms with van der Waals surface area (Å²) in [5, 5.41) is 0. The Bertz CT molecular complexity index is 727. The fourth-order valence-corrected chi connectivity index (χ4v) is 2.24. The molecule has 2 aromatic rings. The van der Waals surface area contributed by atoms with Crippen molar-refractivity contribution < 1.29 is 14.3 Å². The molecule has 24 heavy (non-hydrogen) atoms. The van der Waals surface area contributed by atoms with E-state index < -0.39 is 0 Å². The number of hydrogen-bond acceptors (Lipinski definition) is 3. The van der Waals surface area contributed by atoms with Crippen LogP contribution in [0.2, 0.25) is 0 Å². The largest absolute Gasteiger partial charge is 0.489 e. The molecule has 0 aliphatic heterocycles. The number of carbonyl (C=O) groups excluding carboxylic acids is 1. The number of esters is 1. The normalized spacial score (nSPS) is 10.6.